The van der Waals surface area contributed by atoms with E-state index in [1.54, 1.807) is 24.2 Å². The molecule has 4 rings (SSSR count). The number of nitrogens with zero attached hydrogens (tertiary/aromatic N) is 6. The summed E-state index contributed by atoms with van der Waals surface area (Å²) < 4.78 is 7.47. The number of thioether (sulfide) groups is 1. The van der Waals surface area contributed by atoms with E-state index in [0.717, 1.165) is 34.2 Å². The lowest BCUT2D eigenvalue weighted by Crippen LogP contribution is -2.00. The van der Waals surface area contributed by atoms with Gasteiger partial charge in [0.2, 0.25) is 0 Å². The summed E-state index contributed by atoms with van der Waals surface area (Å²) in [5.41, 5.74) is 3.07. The topological polar surface area (TPSA) is 82.5 Å². The Bertz CT molecular complexity index is 1040. The van der Waals surface area contributed by atoms with Crippen LogP contribution in [0.1, 0.15) is 18.3 Å². The zero-order chi connectivity index (χ0) is 18.6. The van der Waals surface area contributed by atoms with E-state index in [9.17, 15) is 0 Å². The van der Waals surface area contributed by atoms with E-state index in [-0.39, 0.29) is 0 Å². The van der Waals surface area contributed by atoms with Crippen LogP contribution in [0.4, 0.5) is 0 Å². The first-order valence-corrected chi connectivity index (χ1v) is 9.59. The third-order valence-electron chi connectivity index (χ3n) is 4.04. The molecule has 0 aliphatic carbocycles. The first kappa shape index (κ1) is 17.4. The molecule has 0 spiro atoms. The SMILES string of the molecule is CCn1c(SCc2noc(-c3cccc(C)c3)n2)nnc1-c1ccncc1. The molecular formula is C19H18N6OS. The molecule has 0 saturated heterocycles. The van der Waals surface area contributed by atoms with Gasteiger partial charge >= 0.3 is 0 Å². The van der Waals surface area contributed by atoms with Gasteiger partial charge in [-0.25, -0.2) is 0 Å². The Morgan fingerprint density at radius 1 is 1.07 bits per heavy atom. The third kappa shape index (κ3) is 3.75. The van der Waals surface area contributed by atoms with Crippen molar-refractivity contribution in [3.63, 3.8) is 0 Å². The van der Waals surface area contributed by atoms with Gasteiger partial charge < -0.3 is 9.09 Å². The molecule has 0 N–H and O–H groups in total. The highest BCUT2D eigenvalue weighted by Crippen LogP contribution is 2.26. The fourth-order valence-corrected chi connectivity index (χ4v) is 3.58. The molecule has 0 aliphatic rings. The van der Waals surface area contributed by atoms with Crippen molar-refractivity contribution >= 4 is 11.8 Å². The average molecular weight is 378 g/mol. The Morgan fingerprint density at radius 2 is 1.93 bits per heavy atom. The predicted molar refractivity (Wildman–Crippen MR) is 103 cm³/mol. The predicted octanol–water partition coefficient (Wildman–Crippen LogP) is 4.01. The lowest BCUT2D eigenvalue weighted by Gasteiger charge is -2.06. The van der Waals surface area contributed by atoms with Gasteiger partial charge in [0.15, 0.2) is 16.8 Å². The second-order valence-electron chi connectivity index (χ2n) is 5.96. The van der Waals surface area contributed by atoms with Gasteiger partial charge in [-0.15, -0.1) is 10.2 Å². The van der Waals surface area contributed by atoms with Gasteiger partial charge in [-0.2, -0.15) is 4.98 Å². The van der Waals surface area contributed by atoms with Crippen LogP contribution in [0.2, 0.25) is 0 Å². The van der Waals surface area contributed by atoms with Gasteiger partial charge in [-0.1, -0.05) is 34.6 Å². The van der Waals surface area contributed by atoms with Crippen molar-refractivity contribution < 1.29 is 4.52 Å². The van der Waals surface area contributed by atoms with Gasteiger partial charge in [-0.3, -0.25) is 4.98 Å². The summed E-state index contributed by atoms with van der Waals surface area (Å²) >= 11 is 1.54. The van der Waals surface area contributed by atoms with Crippen LogP contribution >= 0.6 is 11.8 Å². The maximum Gasteiger partial charge on any atom is 0.257 e. The molecule has 136 valence electrons. The minimum Gasteiger partial charge on any atom is -0.334 e. The Morgan fingerprint density at radius 3 is 2.70 bits per heavy atom. The Hall–Kier alpha value is -3.00. The van der Waals surface area contributed by atoms with Crippen molar-refractivity contribution in [1.29, 1.82) is 0 Å². The fraction of sp³-hybridized carbons (Fsp3) is 0.211. The summed E-state index contributed by atoms with van der Waals surface area (Å²) in [6.07, 6.45) is 3.51. The summed E-state index contributed by atoms with van der Waals surface area (Å²) in [5.74, 6) is 2.55. The number of benzene rings is 1. The van der Waals surface area contributed by atoms with E-state index >= 15 is 0 Å². The summed E-state index contributed by atoms with van der Waals surface area (Å²) in [4.78, 5) is 8.55. The normalized spacial score (nSPS) is 11.0. The molecule has 0 unspecified atom stereocenters. The number of aromatic nitrogens is 6. The number of hydrogen-bond acceptors (Lipinski definition) is 7. The highest BCUT2D eigenvalue weighted by Gasteiger charge is 2.15. The van der Waals surface area contributed by atoms with Crippen molar-refractivity contribution in [2.24, 2.45) is 0 Å². The molecule has 1 aromatic carbocycles. The first-order valence-electron chi connectivity index (χ1n) is 8.60. The van der Waals surface area contributed by atoms with Crippen molar-refractivity contribution in [1.82, 2.24) is 29.9 Å². The van der Waals surface area contributed by atoms with Crippen LogP contribution in [-0.2, 0) is 12.3 Å². The summed E-state index contributed by atoms with van der Waals surface area (Å²) in [5, 5.41) is 13.6. The molecule has 27 heavy (non-hydrogen) atoms. The molecule has 3 heterocycles. The maximum atomic E-state index is 5.40. The van der Waals surface area contributed by atoms with Crippen LogP contribution in [0.25, 0.3) is 22.8 Å². The lowest BCUT2D eigenvalue weighted by atomic mass is 10.1. The van der Waals surface area contributed by atoms with Crippen LogP contribution < -0.4 is 0 Å². The van der Waals surface area contributed by atoms with E-state index < -0.39 is 0 Å². The number of hydrogen-bond donors (Lipinski definition) is 0. The minimum atomic E-state index is 0.531. The third-order valence-corrected chi connectivity index (χ3v) is 5.00. The van der Waals surface area contributed by atoms with Crippen molar-refractivity contribution in [3.8, 4) is 22.8 Å². The molecule has 0 aliphatic heterocycles. The van der Waals surface area contributed by atoms with Crippen LogP contribution in [0.5, 0.6) is 0 Å². The Labute approximate surface area is 160 Å². The molecule has 4 aromatic rings. The monoisotopic (exact) mass is 378 g/mol. The minimum absolute atomic E-state index is 0.531. The Kier molecular flexibility index (Phi) is 4.97. The first-order chi connectivity index (χ1) is 13.2. The molecule has 0 bridgehead atoms. The van der Waals surface area contributed by atoms with Crippen molar-refractivity contribution in [2.45, 2.75) is 31.3 Å². The lowest BCUT2D eigenvalue weighted by molar-refractivity contribution is 0.425. The van der Waals surface area contributed by atoms with Gasteiger partial charge in [0.05, 0.1) is 5.75 Å². The van der Waals surface area contributed by atoms with Crippen molar-refractivity contribution in [3.05, 3.63) is 60.2 Å². The highest BCUT2D eigenvalue weighted by atomic mass is 32.2. The Balaban J connectivity index is 1.51. The van der Waals surface area contributed by atoms with Crippen LogP contribution in [-0.4, -0.2) is 29.9 Å². The van der Waals surface area contributed by atoms with Gasteiger partial charge in [-0.05, 0) is 38.1 Å². The molecule has 3 aromatic heterocycles. The zero-order valence-corrected chi connectivity index (χ0v) is 15.8. The second-order valence-corrected chi connectivity index (χ2v) is 6.90. The quantitative estimate of drug-likeness (QED) is 0.469. The van der Waals surface area contributed by atoms with Crippen LogP contribution in [0.15, 0.2) is 58.5 Å². The molecule has 8 heteroatoms. The molecule has 0 amide bonds. The van der Waals surface area contributed by atoms with Gasteiger partial charge in [0, 0.05) is 30.1 Å². The number of rotatable bonds is 6. The summed E-state index contributed by atoms with van der Waals surface area (Å²) in [6, 6.07) is 11.9. The fourth-order valence-electron chi connectivity index (χ4n) is 2.73. The summed E-state index contributed by atoms with van der Waals surface area (Å²) in [6.45, 7) is 4.88. The van der Waals surface area contributed by atoms with Gasteiger partial charge in [0.25, 0.3) is 5.89 Å². The molecule has 0 fully saturated rings. The summed E-state index contributed by atoms with van der Waals surface area (Å²) in [7, 11) is 0. The average Bonchev–Trinajstić information content (AvgIpc) is 3.34. The van der Waals surface area contributed by atoms with E-state index in [1.807, 2.05) is 43.3 Å². The van der Waals surface area contributed by atoms with Crippen LogP contribution in [0.3, 0.4) is 0 Å². The maximum absolute atomic E-state index is 5.40. The molecule has 0 saturated carbocycles. The number of aryl methyl sites for hydroxylation is 1. The van der Waals surface area contributed by atoms with E-state index in [4.69, 9.17) is 4.52 Å². The van der Waals surface area contributed by atoms with Gasteiger partial charge in [0.1, 0.15) is 0 Å². The molecule has 0 atom stereocenters. The zero-order valence-electron chi connectivity index (χ0n) is 15.0. The second kappa shape index (κ2) is 7.71. The van der Waals surface area contributed by atoms with Crippen LogP contribution in [0, 0.1) is 6.92 Å². The van der Waals surface area contributed by atoms with E-state index in [0.29, 0.717) is 17.5 Å². The number of pyridine rings is 1. The van der Waals surface area contributed by atoms with E-state index in [1.165, 1.54) is 0 Å². The molecule has 7 nitrogen and oxygen atoms in total. The smallest absolute Gasteiger partial charge is 0.257 e. The largest absolute Gasteiger partial charge is 0.334 e. The molecule has 0 radical (unpaired) electrons. The van der Waals surface area contributed by atoms with Crippen molar-refractivity contribution in [2.75, 3.05) is 0 Å². The molecular weight excluding hydrogens is 360 g/mol. The van der Waals surface area contributed by atoms with E-state index in [2.05, 4.69) is 36.8 Å². The highest BCUT2D eigenvalue weighted by molar-refractivity contribution is 7.98. The standard InChI is InChI=1S/C19H18N6OS/c1-3-25-17(14-7-9-20-10-8-14)22-23-19(25)27-12-16-21-18(26-24-16)15-6-4-5-13(2)11-15/h4-11H,3,12H2,1-2H3.